The van der Waals surface area contributed by atoms with Crippen LogP contribution in [-0.4, -0.2) is 27.5 Å². The molecule has 0 aromatic heterocycles. The highest BCUT2D eigenvalue weighted by molar-refractivity contribution is 7.92. The Morgan fingerprint density at radius 2 is 1.85 bits per heavy atom. The molecule has 7 heteroatoms. The lowest BCUT2D eigenvalue weighted by atomic mass is 10.1. The molecule has 0 spiro atoms. The molecule has 3 rings (SSSR count). The van der Waals surface area contributed by atoms with Gasteiger partial charge in [0.15, 0.2) is 0 Å². The first-order valence-electron chi connectivity index (χ1n) is 9.07. The van der Waals surface area contributed by atoms with Crippen LogP contribution in [0.3, 0.4) is 0 Å². The zero-order valence-corrected chi connectivity index (χ0v) is 16.4. The SMILES string of the molecule is CCOc1ccc(S(=O)(=O)Nc2ccc(N3CCCCC3=O)c(C)c2)cc1. The number of rotatable bonds is 6. The largest absolute Gasteiger partial charge is 0.494 e. The first-order chi connectivity index (χ1) is 12.9. The van der Waals surface area contributed by atoms with E-state index in [-0.39, 0.29) is 10.8 Å². The molecule has 1 aliphatic heterocycles. The topological polar surface area (TPSA) is 75.7 Å². The minimum atomic E-state index is -3.70. The molecule has 0 radical (unpaired) electrons. The molecule has 6 nitrogen and oxygen atoms in total. The fourth-order valence-electron chi connectivity index (χ4n) is 3.18. The summed E-state index contributed by atoms with van der Waals surface area (Å²) in [7, 11) is -3.70. The van der Waals surface area contributed by atoms with Gasteiger partial charge in [0.05, 0.1) is 11.5 Å². The molecule has 1 amide bonds. The van der Waals surface area contributed by atoms with Crippen molar-refractivity contribution in [1.29, 1.82) is 0 Å². The molecule has 2 aromatic carbocycles. The average molecular weight is 388 g/mol. The fourth-order valence-corrected chi connectivity index (χ4v) is 4.23. The molecule has 0 aliphatic carbocycles. The van der Waals surface area contributed by atoms with Crippen LogP contribution < -0.4 is 14.4 Å². The third-order valence-electron chi connectivity index (χ3n) is 4.51. The summed E-state index contributed by atoms with van der Waals surface area (Å²) < 4.78 is 33.1. The standard InChI is InChI=1S/C20H24N2O4S/c1-3-26-17-8-10-18(11-9-17)27(24,25)21-16-7-12-19(15(2)14-16)22-13-5-4-6-20(22)23/h7-12,14,21H,3-6,13H2,1-2H3. The van der Waals surface area contributed by atoms with Crippen LogP contribution >= 0.6 is 0 Å². The molecule has 0 saturated carbocycles. The van der Waals surface area contributed by atoms with Crippen molar-refractivity contribution in [3.63, 3.8) is 0 Å². The van der Waals surface area contributed by atoms with Crippen molar-refractivity contribution in [3.05, 3.63) is 48.0 Å². The quantitative estimate of drug-likeness (QED) is 0.818. The first kappa shape index (κ1) is 19.2. The van der Waals surface area contributed by atoms with Crippen LogP contribution in [-0.2, 0) is 14.8 Å². The van der Waals surface area contributed by atoms with Gasteiger partial charge in [-0.1, -0.05) is 0 Å². The van der Waals surface area contributed by atoms with E-state index in [0.29, 0.717) is 31.0 Å². The van der Waals surface area contributed by atoms with Gasteiger partial charge in [0, 0.05) is 24.3 Å². The lowest BCUT2D eigenvalue weighted by molar-refractivity contribution is -0.119. The van der Waals surface area contributed by atoms with Crippen molar-refractivity contribution in [2.45, 2.75) is 38.0 Å². The molecule has 0 atom stereocenters. The Balaban J connectivity index is 1.78. The molecular formula is C20H24N2O4S. The molecule has 1 heterocycles. The minimum Gasteiger partial charge on any atom is -0.494 e. The second kappa shape index (κ2) is 8.00. The monoisotopic (exact) mass is 388 g/mol. The van der Waals surface area contributed by atoms with Crippen molar-refractivity contribution < 1.29 is 17.9 Å². The number of nitrogens with one attached hydrogen (secondary N) is 1. The Hall–Kier alpha value is -2.54. The predicted molar refractivity (Wildman–Crippen MR) is 106 cm³/mol. The highest BCUT2D eigenvalue weighted by Crippen LogP contribution is 2.28. The zero-order valence-electron chi connectivity index (χ0n) is 15.6. The van der Waals surface area contributed by atoms with E-state index in [0.717, 1.165) is 24.1 Å². The van der Waals surface area contributed by atoms with E-state index in [1.807, 2.05) is 13.8 Å². The molecule has 1 fully saturated rings. The van der Waals surface area contributed by atoms with E-state index >= 15 is 0 Å². The minimum absolute atomic E-state index is 0.118. The van der Waals surface area contributed by atoms with Crippen molar-refractivity contribution in [2.24, 2.45) is 0 Å². The summed E-state index contributed by atoms with van der Waals surface area (Å²) in [4.78, 5) is 14.1. The highest BCUT2D eigenvalue weighted by Gasteiger charge is 2.21. The van der Waals surface area contributed by atoms with Gasteiger partial charge in [-0.3, -0.25) is 9.52 Å². The molecule has 2 aromatic rings. The van der Waals surface area contributed by atoms with E-state index in [1.165, 1.54) is 12.1 Å². The summed E-state index contributed by atoms with van der Waals surface area (Å²) in [6, 6.07) is 11.5. The number of benzene rings is 2. The Morgan fingerprint density at radius 1 is 1.11 bits per heavy atom. The fraction of sp³-hybridized carbons (Fsp3) is 0.350. The van der Waals surface area contributed by atoms with Gasteiger partial charge in [0.25, 0.3) is 10.0 Å². The van der Waals surface area contributed by atoms with Crippen molar-refractivity contribution >= 4 is 27.3 Å². The Labute approximate surface area is 160 Å². The van der Waals surface area contributed by atoms with Crippen LogP contribution in [0.1, 0.15) is 31.7 Å². The van der Waals surface area contributed by atoms with Crippen molar-refractivity contribution in [1.82, 2.24) is 0 Å². The van der Waals surface area contributed by atoms with Gasteiger partial charge in [-0.25, -0.2) is 8.42 Å². The van der Waals surface area contributed by atoms with Gasteiger partial charge >= 0.3 is 0 Å². The van der Waals surface area contributed by atoms with Crippen LogP contribution in [0.25, 0.3) is 0 Å². The number of nitrogens with zero attached hydrogens (tertiary/aromatic N) is 1. The molecular weight excluding hydrogens is 364 g/mol. The summed E-state index contributed by atoms with van der Waals surface area (Å²) in [5, 5.41) is 0. The average Bonchev–Trinajstić information content (AvgIpc) is 2.63. The Kier molecular flexibility index (Phi) is 5.70. The lowest BCUT2D eigenvalue weighted by Crippen LogP contribution is -2.35. The van der Waals surface area contributed by atoms with Gasteiger partial charge in [0.2, 0.25) is 5.91 Å². The summed E-state index contributed by atoms with van der Waals surface area (Å²) in [5.74, 6) is 0.745. The van der Waals surface area contributed by atoms with Crippen LogP contribution in [0.15, 0.2) is 47.4 Å². The number of ether oxygens (including phenoxy) is 1. The van der Waals surface area contributed by atoms with Gasteiger partial charge in [-0.05, 0) is 74.7 Å². The Morgan fingerprint density at radius 3 is 2.48 bits per heavy atom. The maximum Gasteiger partial charge on any atom is 0.261 e. The van der Waals surface area contributed by atoms with Gasteiger partial charge in [0.1, 0.15) is 5.75 Å². The number of piperidine rings is 1. The predicted octanol–water partition coefficient (Wildman–Crippen LogP) is 3.71. The summed E-state index contributed by atoms with van der Waals surface area (Å²) in [6.07, 6.45) is 2.47. The van der Waals surface area contributed by atoms with Gasteiger partial charge in [-0.2, -0.15) is 0 Å². The van der Waals surface area contributed by atoms with Gasteiger partial charge < -0.3 is 9.64 Å². The van der Waals surface area contributed by atoms with Crippen LogP contribution in [0.5, 0.6) is 5.75 Å². The van der Waals surface area contributed by atoms with E-state index in [1.54, 1.807) is 35.2 Å². The van der Waals surface area contributed by atoms with E-state index in [9.17, 15) is 13.2 Å². The number of aryl methyl sites for hydroxylation is 1. The number of hydrogen-bond acceptors (Lipinski definition) is 4. The summed E-state index contributed by atoms with van der Waals surface area (Å²) in [6.45, 7) is 4.98. The number of amides is 1. The van der Waals surface area contributed by atoms with E-state index in [4.69, 9.17) is 4.74 Å². The number of carbonyl (C=O) groups is 1. The third-order valence-corrected chi connectivity index (χ3v) is 5.91. The Bertz CT molecular complexity index is 923. The number of anilines is 2. The molecule has 0 bridgehead atoms. The molecule has 144 valence electrons. The van der Waals surface area contributed by atoms with Crippen LogP contribution in [0, 0.1) is 6.92 Å². The second-order valence-electron chi connectivity index (χ2n) is 6.51. The molecule has 0 unspecified atom stereocenters. The third kappa shape index (κ3) is 4.42. The van der Waals surface area contributed by atoms with Crippen molar-refractivity contribution in [2.75, 3.05) is 22.8 Å². The first-order valence-corrected chi connectivity index (χ1v) is 10.6. The zero-order chi connectivity index (χ0) is 19.4. The maximum atomic E-state index is 12.6. The van der Waals surface area contributed by atoms with Crippen LogP contribution in [0.2, 0.25) is 0 Å². The normalized spacial score (nSPS) is 14.9. The summed E-state index contributed by atoms with van der Waals surface area (Å²) in [5.41, 5.74) is 2.16. The molecule has 27 heavy (non-hydrogen) atoms. The second-order valence-corrected chi connectivity index (χ2v) is 8.20. The smallest absolute Gasteiger partial charge is 0.261 e. The molecule has 1 saturated heterocycles. The maximum absolute atomic E-state index is 12.6. The van der Waals surface area contributed by atoms with Crippen LogP contribution in [0.4, 0.5) is 11.4 Å². The number of sulfonamides is 1. The van der Waals surface area contributed by atoms with E-state index in [2.05, 4.69) is 4.72 Å². The van der Waals surface area contributed by atoms with Crippen molar-refractivity contribution in [3.8, 4) is 5.75 Å². The van der Waals surface area contributed by atoms with E-state index < -0.39 is 10.0 Å². The number of carbonyl (C=O) groups excluding carboxylic acids is 1. The summed E-state index contributed by atoms with van der Waals surface area (Å²) >= 11 is 0. The highest BCUT2D eigenvalue weighted by atomic mass is 32.2. The van der Waals surface area contributed by atoms with Gasteiger partial charge in [-0.15, -0.1) is 0 Å². The molecule has 1 N–H and O–H groups in total. The lowest BCUT2D eigenvalue weighted by Gasteiger charge is -2.28. The molecule has 1 aliphatic rings. The number of hydrogen-bond donors (Lipinski definition) is 1.